The van der Waals surface area contributed by atoms with Crippen molar-refractivity contribution in [1.29, 1.82) is 0 Å². The molecule has 0 bridgehead atoms. The Balaban J connectivity index is 1.95. The molecule has 1 aromatic carbocycles. The molecule has 6 nitrogen and oxygen atoms in total. The number of nitrogens with one attached hydrogen (secondary N) is 1. The molecule has 3 rings (SSSR count). The maximum Gasteiger partial charge on any atom is 0.407 e. The van der Waals surface area contributed by atoms with Gasteiger partial charge in [-0.05, 0) is 31.0 Å². The monoisotopic (exact) mass is 279 g/mol. The van der Waals surface area contributed by atoms with Crippen LogP contribution in [0.4, 0.5) is 9.18 Å². The molecule has 0 atom stereocenters. The first kappa shape index (κ1) is 12.7. The van der Waals surface area contributed by atoms with Crippen LogP contribution in [0, 0.1) is 5.82 Å². The van der Waals surface area contributed by atoms with Crippen LogP contribution in [0.1, 0.15) is 18.9 Å². The van der Waals surface area contributed by atoms with Gasteiger partial charge >= 0.3 is 11.8 Å². The summed E-state index contributed by atoms with van der Waals surface area (Å²) in [5.74, 6) is -0.395. The summed E-state index contributed by atoms with van der Waals surface area (Å²) >= 11 is 0. The van der Waals surface area contributed by atoms with E-state index in [0.29, 0.717) is 37.0 Å². The first-order valence-corrected chi connectivity index (χ1v) is 6.44. The summed E-state index contributed by atoms with van der Waals surface area (Å²) in [5.41, 5.74) is 0.847. The predicted molar refractivity (Wildman–Crippen MR) is 70.4 cm³/mol. The molecular formula is C13H14FN3O3. The second-order valence-electron chi connectivity index (χ2n) is 4.96. The highest BCUT2D eigenvalue weighted by Crippen LogP contribution is 2.25. The average molecular weight is 279 g/mol. The molecule has 2 heterocycles. The van der Waals surface area contributed by atoms with Gasteiger partial charge in [0.05, 0.1) is 11.0 Å². The van der Waals surface area contributed by atoms with Crippen molar-refractivity contribution in [2.75, 3.05) is 13.1 Å². The van der Waals surface area contributed by atoms with Gasteiger partial charge in [0.1, 0.15) is 5.82 Å². The molecule has 7 heteroatoms. The second kappa shape index (κ2) is 4.66. The van der Waals surface area contributed by atoms with Gasteiger partial charge in [-0.15, -0.1) is 0 Å². The highest BCUT2D eigenvalue weighted by molar-refractivity contribution is 5.75. The Morgan fingerprint density at radius 3 is 2.70 bits per heavy atom. The fourth-order valence-corrected chi connectivity index (χ4v) is 2.77. The maximum absolute atomic E-state index is 13.3. The number of hydrogen-bond acceptors (Lipinski definition) is 2. The third-order valence-corrected chi connectivity index (χ3v) is 3.78. The molecule has 0 unspecified atom stereocenters. The number of aromatic nitrogens is 2. The molecule has 1 aliphatic rings. The van der Waals surface area contributed by atoms with Crippen LogP contribution in [0.15, 0.2) is 23.0 Å². The fraction of sp³-hybridized carbons (Fsp3) is 0.385. The SMILES string of the molecule is O=C(O)N1CCC(n2c(=O)[nH]c3ccc(F)cc32)CC1. The molecule has 20 heavy (non-hydrogen) atoms. The Labute approximate surface area is 113 Å². The number of aromatic amines is 1. The number of piperidine rings is 1. The van der Waals surface area contributed by atoms with Crippen molar-refractivity contribution in [3.05, 3.63) is 34.5 Å². The van der Waals surface area contributed by atoms with E-state index < -0.39 is 11.9 Å². The van der Waals surface area contributed by atoms with E-state index in [0.717, 1.165) is 0 Å². The summed E-state index contributed by atoms with van der Waals surface area (Å²) < 4.78 is 14.9. The Hall–Kier alpha value is -2.31. The van der Waals surface area contributed by atoms with E-state index in [1.54, 1.807) is 0 Å². The number of nitrogens with zero attached hydrogens (tertiary/aromatic N) is 2. The van der Waals surface area contributed by atoms with E-state index >= 15 is 0 Å². The number of imidazole rings is 1. The van der Waals surface area contributed by atoms with Gasteiger partial charge < -0.3 is 15.0 Å². The number of carboxylic acid groups (broad SMARTS) is 1. The number of fused-ring (bicyclic) bond motifs is 1. The van der Waals surface area contributed by atoms with Gasteiger partial charge in [-0.25, -0.2) is 14.0 Å². The zero-order valence-electron chi connectivity index (χ0n) is 10.7. The van der Waals surface area contributed by atoms with Crippen molar-refractivity contribution >= 4 is 17.1 Å². The summed E-state index contributed by atoms with van der Waals surface area (Å²) in [6.45, 7) is 0.767. The van der Waals surface area contributed by atoms with Crippen molar-refractivity contribution < 1.29 is 14.3 Å². The van der Waals surface area contributed by atoms with Gasteiger partial charge in [0, 0.05) is 19.1 Å². The second-order valence-corrected chi connectivity index (χ2v) is 4.96. The predicted octanol–water partition coefficient (Wildman–Crippen LogP) is 1.78. The number of benzene rings is 1. The minimum absolute atomic E-state index is 0.103. The summed E-state index contributed by atoms with van der Waals surface area (Å²) in [7, 11) is 0. The molecule has 1 saturated heterocycles. The lowest BCUT2D eigenvalue weighted by Gasteiger charge is -2.30. The van der Waals surface area contributed by atoms with Gasteiger partial charge in [-0.2, -0.15) is 0 Å². The van der Waals surface area contributed by atoms with E-state index in [1.807, 2.05) is 0 Å². The van der Waals surface area contributed by atoms with Crippen LogP contribution in [-0.4, -0.2) is 38.7 Å². The lowest BCUT2D eigenvalue weighted by Crippen LogP contribution is -2.39. The van der Waals surface area contributed by atoms with E-state index in [2.05, 4.69) is 4.98 Å². The first-order chi connectivity index (χ1) is 9.56. The van der Waals surface area contributed by atoms with Crippen molar-refractivity contribution in [2.24, 2.45) is 0 Å². The van der Waals surface area contributed by atoms with E-state index in [9.17, 15) is 14.0 Å². The number of halogens is 1. The van der Waals surface area contributed by atoms with Crippen LogP contribution < -0.4 is 5.69 Å². The Morgan fingerprint density at radius 2 is 2.05 bits per heavy atom. The Kier molecular flexibility index (Phi) is 2.96. The van der Waals surface area contributed by atoms with Gasteiger partial charge in [-0.3, -0.25) is 4.57 Å². The third kappa shape index (κ3) is 2.04. The van der Waals surface area contributed by atoms with Crippen molar-refractivity contribution in [3.8, 4) is 0 Å². The number of carbonyl (C=O) groups is 1. The van der Waals surface area contributed by atoms with Crippen LogP contribution in [0.25, 0.3) is 11.0 Å². The quantitative estimate of drug-likeness (QED) is 0.835. The van der Waals surface area contributed by atoms with Gasteiger partial charge in [0.25, 0.3) is 0 Å². The van der Waals surface area contributed by atoms with Crippen LogP contribution >= 0.6 is 0 Å². The molecule has 1 fully saturated rings. The zero-order valence-corrected chi connectivity index (χ0v) is 10.7. The molecular weight excluding hydrogens is 265 g/mol. The summed E-state index contributed by atoms with van der Waals surface area (Å²) in [4.78, 5) is 26.9. The van der Waals surface area contributed by atoms with Crippen molar-refractivity contribution in [3.63, 3.8) is 0 Å². The molecule has 0 saturated carbocycles. The van der Waals surface area contributed by atoms with Crippen LogP contribution in [-0.2, 0) is 0 Å². The molecule has 106 valence electrons. The summed E-state index contributed by atoms with van der Waals surface area (Å²) in [5, 5.41) is 8.92. The summed E-state index contributed by atoms with van der Waals surface area (Å²) in [6, 6.07) is 4.06. The number of likely N-dealkylation sites (tertiary alicyclic amines) is 1. The topological polar surface area (TPSA) is 78.3 Å². The Bertz CT molecular complexity index is 713. The molecule has 1 aliphatic heterocycles. The summed E-state index contributed by atoms with van der Waals surface area (Å²) in [6.07, 6.45) is 0.159. The van der Waals surface area contributed by atoms with E-state index in [1.165, 1.54) is 27.7 Å². The highest BCUT2D eigenvalue weighted by atomic mass is 19.1. The molecule has 0 aliphatic carbocycles. The smallest absolute Gasteiger partial charge is 0.407 e. The average Bonchev–Trinajstić information content (AvgIpc) is 2.74. The lowest BCUT2D eigenvalue weighted by molar-refractivity contribution is 0.125. The molecule has 0 spiro atoms. The zero-order chi connectivity index (χ0) is 14.3. The number of H-pyrrole nitrogens is 1. The number of amides is 1. The molecule has 0 radical (unpaired) electrons. The van der Waals surface area contributed by atoms with Gasteiger partial charge in [0.2, 0.25) is 0 Å². The minimum atomic E-state index is -0.944. The van der Waals surface area contributed by atoms with Crippen molar-refractivity contribution in [2.45, 2.75) is 18.9 Å². The molecule has 2 N–H and O–H groups in total. The molecule has 1 amide bonds. The van der Waals surface area contributed by atoms with E-state index in [-0.39, 0.29) is 11.7 Å². The van der Waals surface area contributed by atoms with Crippen molar-refractivity contribution in [1.82, 2.24) is 14.5 Å². The molecule has 2 aromatic rings. The van der Waals surface area contributed by atoms with E-state index in [4.69, 9.17) is 5.11 Å². The standard InChI is InChI=1S/C13H14FN3O3/c14-8-1-2-10-11(7-8)17(12(18)15-10)9-3-5-16(6-4-9)13(19)20/h1-2,7,9H,3-6H2,(H,15,18)(H,19,20). The molecule has 1 aromatic heterocycles. The van der Waals surface area contributed by atoms with Gasteiger partial charge in [0.15, 0.2) is 0 Å². The first-order valence-electron chi connectivity index (χ1n) is 6.44. The highest BCUT2D eigenvalue weighted by Gasteiger charge is 2.25. The number of hydrogen-bond donors (Lipinski definition) is 2. The number of rotatable bonds is 1. The normalized spacial score (nSPS) is 16.8. The minimum Gasteiger partial charge on any atom is -0.465 e. The van der Waals surface area contributed by atoms with Gasteiger partial charge in [-0.1, -0.05) is 0 Å². The third-order valence-electron chi connectivity index (χ3n) is 3.78. The fourth-order valence-electron chi connectivity index (χ4n) is 2.77. The van der Waals surface area contributed by atoms with Crippen LogP contribution in [0.5, 0.6) is 0 Å². The van der Waals surface area contributed by atoms with Crippen LogP contribution in [0.3, 0.4) is 0 Å². The maximum atomic E-state index is 13.3. The lowest BCUT2D eigenvalue weighted by atomic mass is 10.0. The van der Waals surface area contributed by atoms with Crippen LogP contribution in [0.2, 0.25) is 0 Å². The largest absolute Gasteiger partial charge is 0.465 e. The Morgan fingerprint density at radius 1 is 1.35 bits per heavy atom.